The van der Waals surface area contributed by atoms with Crippen molar-refractivity contribution in [3.63, 3.8) is 0 Å². The molecule has 1 heterocycles. The minimum Gasteiger partial charge on any atom is -0.496 e. The Kier molecular flexibility index (Phi) is 6.15. The minimum atomic E-state index is -0.212. The lowest BCUT2D eigenvalue weighted by Crippen LogP contribution is -2.29. The number of aromatic nitrogens is 2. The Bertz CT molecular complexity index is 974. The summed E-state index contributed by atoms with van der Waals surface area (Å²) in [7, 11) is 1.71. The third kappa shape index (κ3) is 4.39. The van der Waals surface area contributed by atoms with Gasteiger partial charge in [0.25, 0.3) is 0 Å². The highest BCUT2D eigenvalue weighted by Gasteiger charge is 2.21. The van der Waals surface area contributed by atoms with Gasteiger partial charge in [0.15, 0.2) is 0 Å². The maximum atomic E-state index is 9.69. The minimum absolute atomic E-state index is 0.212. The van der Waals surface area contributed by atoms with Crippen LogP contribution in [0.4, 0.5) is 11.8 Å². The van der Waals surface area contributed by atoms with Crippen molar-refractivity contribution in [2.45, 2.75) is 50.7 Å². The van der Waals surface area contributed by atoms with E-state index in [0.717, 1.165) is 44.3 Å². The first kappa shape index (κ1) is 20.2. The van der Waals surface area contributed by atoms with Gasteiger partial charge < -0.3 is 20.5 Å². The molecule has 2 aromatic rings. The Morgan fingerprint density at radius 3 is 2.87 bits per heavy atom. The molecule has 0 bridgehead atoms. The highest BCUT2D eigenvalue weighted by molar-refractivity contribution is 5.75. The summed E-state index contributed by atoms with van der Waals surface area (Å²) in [6, 6.07) is 8.54. The molecule has 1 fully saturated rings. The van der Waals surface area contributed by atoms with Crippen LogP contribution in [0.2, 0.25) is 0 Å². The largest absolute Gasteiger partial charge is 0.496 e. The number of rotatable bonds is 7. The summed E-state index contributed by atoms with van der Waals surface area (Å²) in [5.74, 6) is 2.01. The van der Waals surface area contributed by atoms with Crippen molar-refractivity contribution < 1.29 is 9.84 Å². The molecule has 2 aliphatic carbocycles. The normalized spacial score (nSPS) is 20.1. The van der Waals surface area contributed by atoms with Crippen molar-refractivity contribution in [1.82, 2.24) is 9.97 Å². The summed E-state index contributed by atoms with van der Waals surface area (Å²) in [5.41, 5.74) is 4.22. The molecule has 30 heavy (non-hydrogen) atoms. The van der Waals surface area contributed by atoms with Crippen LogP contribution in [0.3, 0.4) is 0 Å². The van der Waals surface area contributed by atoms with Crippen LogP contribution in [0.25, 0.3) is 5.57 Å². The Morgan fingerprint density at radius 1 is 1.27 bits per heavy atom. The molecule has 1 aromatic heterocycles. The number of nitrogens with one attached hydrogen (secondary N) is 2. The van der Waals surface area contributed by atoms with Gasteiger partial charge in [-0.15, -0.1) is 0 Å². The molecule has 4 rings (SSSR count). The van der Waals surface area contributed by atoms with E-state index in [1.54, 1.807) is 13.3 Å². The monoisotopic (exact) mass is 405 g/mol. The summed E-state index contributed by atoms with van der Waals surface area (Å²) in [5, 5.41) is 25.7. The van der Waals surface area contributed by atoms with Crippen LogP contribution in [-0.4, -0.2) is 40.9 Å². The van der Waals surface area contributed by atoms with Crippen molar-refractivity contribution in [2.24, 2.45) is 0 Å². The Morgan fingerprint density at radius 2 is 2.10 bits per heavy atom. The van der Waals surface area contributed by atoms with E-state index < -0.39 is 0 Å². The molecule has 0 radical (unpaired) electrons. The predicted molar refractivity (Wildman–Crippen MR) is 116 cm³/mol. The summed E-state index contributed by atoms with van der Waals surface area (Å²) < 4.78 is 5.47. The van der Waals surface area contributed by atoms with Crippen molar-refractivity contribution in [2.75, 3.05) is 24.3 Å². The number of aliphatic hydroxyl groups excluding tert-OH is 1. The molecular weight excluding hydrogens is 378 g/mol. The smallest absolute Gasteiger partial charge is 0.224 e. The summed E-state index contributed by atoms with van der Waals surface area (Å²) in [4.78, 5) is 8.82. The van der Waals surface area contributed by atoms with Crippen molar-refractivity contribution in [3.05, 3.63) is 47.2 Å². The fourth-order valence-corrected chi connectivity index (χ4v) is 4.22. The zero-order valence-electron chi connectivity index (χ0n) is 17.2. The zero-order chi connectivity index (χ0) is 20.9. The molecule has 0 atom stereocenters. The van der Waals surface area contributed by atoms with E-state index in [0.29, 0.717) is 23.9 Å². The maximum Gasteiger partial charge on any atom is 0.224 e. The second-order valence-corrected chi connectivity index (χ2v) is 7.81. The van der Waals surface area contributed by atoms with Gasteiger partial charge in [0, 0.05) is 18.2 Å². The highest BCUT2D eigenvalue weighted by atomic mass is 16.5. The fourth-order valence-electron chi connectivity index (χ4n) is 4.22. The number of anilines is 2. The van der Waals surface area contributed by atoms with Gasteiger partial charge >= 0.3 is 0 Å². The predicted octanol–water partition coefficient (Wildman–Crippen LogP) is 3.51. The van der Waals surface area contributed by atoms with Gasteiger partial charge in [-0.25, -0.2) is 4.98 Å². The molecular formula is C23H27N5O2. The molecule has 0 spiro atoms. The molecule has 7 heteroatoms. The summed E-state index contributed by atoms with van der Waals surface area (Å²) in [6.45, 7) is 0.698. The molecule has 0 saturated heterocycles. The third-order valence-corrected chi connectivity index (χ3v) is 5.88. The van der Waals surface area contributed by atoms with Crippen LogP contribution >= 0.6 is 0 Å². The van der Waals surface area contributed by atoms with E-state index in [-0.39, 0.29) is 12.1 Å². The molecule has 3 N–H and O–H groups in total. The van der Waals surface area contributed by atoms with Gasteiger partial charge in [-0.2, -0.15) is 10.2 Å². The number of methoxy groups -OCH3 is 1. The number of nitrogens with zero attached hydrogens (tertiary/aromatic N) is 3. The number of aliphatic hydroxyl groups is 1. The topological polar surface area (TPSA) is 103 Å². The standard InChI is InChI=1S/C23H27N5O2/c1-30-21-4-2-3-19-15(5-10-20(19)21)11-12-25-23-26-14-16(13-24)22(28-23)27-17-6-8-18(29)9-7-17/h2-5,14,17-18,29H,6-12H2,1H3,(H2,25,26,27,28). The quantitative estimate of drug-likeness (QED) is 0.648. The summed E-state index contributed by atoms with van der Waals surface area (Å²) in [6.07, 6.45) is 8.64. The number of allylic oxidation sites excluding steroid dienone is 1. The molecule has 2 aliphatic rings. The average Bonchev–Trinajstić information content (AvgIpc) is 3.19. The number of hydrogen-bond acceptors (Lipinski definition) is 7. The number of ether oxygens (including phenoxy) is 1. The second-order valence-electron chi connectivity index (χ2n) is 7.81. The molecule has 1 aromatic carbocycles. The van der Waals surface area contributed by atoms with E-state index in [9.17, 15) is 10.4 Å². The van der Waals surface area contributed by atoms with Crippen LogP contribution in [-0.2, 0) is 6.42 Å². The zero-order valence-corrected chi connectivity index (χ0v) is 17.2. The number of fused-ring (bicyclic) bond motifs is 1. The molecule has 0 aliphatic heterocycles. The molecule has 0 amide bonds. The second kappa shape index (κ2) is 9.14. The first-order valence-corrected chi connectivity index (χ1v) is 10.5. The summed E-state index contributed by atoms with van der Waals surface area (Å²) >= 11 is 0. The molecule has 156 valence electrons. The third-order valence-electron chi connectivity index (χ3n) is 5.88. The van der Waals surface area contributed by atoms with Gasteiger partial charge in [0.1, 0.15) is 23.2 Å². The van der Waals surface area contributed by atoms with Crippen LogP contribution in [0.5, 0.6) is 5.75 Å². The Hall–Kier alpha value is -3.11. The van der Waals surface area contributed by atoms with E-state index in [2.05, 4.69) is 38.8 Å². The first-order chi connectivity index (χ1) is 14.7. The fraction of sp³-hybridized carbons (Fsp3) is 0.435. The molecule has 0 unspecified atom stereocenters. The lowest BCUT2D eigenvalue weighted by atomic mass is 9.93. The van der Waals surface area contributed by atoms with E-state index in [4.69, 9.17) is 4.74 Å². The van der Waals surface area contributed by atoms with Gasteiger partial charge in [-0.1, -0.05) is 18.2 Å². The van der Waals surface area contributed by atoms with Gasteiger partial charge in [-0.05, 0) is 55.7 Å². The van der Waals surface area contributed by atoms with Crippen LogP contribution in [0.1, 0.15) is 48.8 Å². The molecule has 1 saturated carbocycles. The highest BCUT2D eigenvalue weighted by Crippen LogP contribution is 2.35. The van der Waals surface area contributed by atoms with Crippen LogP contribution < -0.4 is 15.4 Å². The Balaban J connectivity index is 1.37. The van der Waals surface area contributed by atoms with Crippen LogP contribution in [0.15, 0.2) is 30.5 Å². The number of nitriles is 1. The van der Waals surface area contributed by atoms with Crippen molar-refractivity contribution in [1.29, 1.82) is 5.26 Å². The maximum absolute atomic E-state index is 9.69. The average molecular weight is 406 g/mol. The van der Waals surface area contributed by atoms with Crippen LogP contribution in [0, 0.1) is 11.3 Å². The first-order valence-electron chi connectivity index (χ1n) is 10.5. The van der Waals surface area contributed by atoms with E-state index >= 15 is 0 Å². The van der Waals surface area contributed by atoms with E-state index in [1.165, 1.54) is 16.7 Å². The van der Waals surface area contributed by atoms with Gasteiger partial charge in [0.2, 0.25) is 5.95 Å². The SMILES string of the molecule is COc1cccc2c1CC=C2CCNc1ncc(C#N)c(NC2CCC(O)CC2)n1. The van der Waals surface area contributed by atoms with Crippen molar-refractivity contribution in [3.8, 4) is 11.8 Å². The number of hydrogen-bond donors (Lipinski definition) is 3. The van der Waals surface area contributed by atoms with Gasteiger partial charge in [-0.3, -0.25) is 0 Å². The Labute approximate surface area is 176 Å². The lowest BCUT2D eigenvalue weighted by molar-refractivity contribution is 0.126. The number of benzene rings is 1. The molecule has 7 nitrogen and oxygen atoms in total. The van der Waals surface area contributed by atoms with Crippen molar-refractivity contribution >= 4 is 17.3 Å². The lowest BCUT2D eigenvalue weighted by Gasteiger charge is -2.26. The van der Waals surface area contributed by atoms with Gasteiger partial charge in [0.05, 0.1) is 19.4 Å². The van der Waals surface area contributed by atoms with E-state index in [1.807, 2.05) is 12.1 Å².